The van der Waals surface area contributed by atoms with Crippen LogP contribution >= 0.6 is 0 Å². The van der Waals surface area contributed by atoms with Crippen LogP contribution in [0.5, 0.6) is 0 Å². The maximum atomic E-state index is 9.74. The summed E-state index contributed by atoms with van der Waals surface area (Å²) in [5.74, 6) is 1.71. The largest absolute Gasteiger partial charge is 0.354 e. The summed E-state index contributed by atoms with van der Waals surface area (Å²) >= 11 is 0. The van der Waals surface area contributed by atoms with E-state index in [-0.39, 0.29) is 0 Å². The lowest BCUT2D eigenvalue weighted by atomic mass is 9.86. The van der Waals surface area contributed by atoms with Gasteiger partial charge in [0.25, 0.3) is 0 Å². The zero-order valence-electron chi connectivity index (χ0n) is 33.6. The van der Waals surface area contributed by atoms with Crippen LogP contribution in [0.15, 0.2) is 212 Å². The van der Waals surface area contributed by atoms with Crippen LogP contribution < -0.4 is 5.32 Å². The highest BCUT2D eigenvalue weighted by Crippen LogP contribution is 2.41. The van der Waals surface area contributed by atoms with Crippen LogP contribution in [-0.4, -0.2) is 25.2 Å². The van der Waals surface area contributed by atoms with Crippen LogP contribution in [0.1, 0.15) is 27.8 Å². The van der Waals surface area contributed by atoms with Crippen LogP contribution in [0, 0.1) is 5.41 Å². The topological polar surface area (TPSA) is 79.5 Å². The molecule has 0 amide bonds. The van der Waals surface area contributed by atoms with E-state index in [2.05, 4.69) is 131 Å². The Balaban J connectivity index is 1.14. The van der Waals surface area contributed by atoms with Crippen LogP contribution in [-0.2, 0) is 0 Å². The molecule has 292 valence electrons. The Morgan fingerprint density at radius 1 is 0.435 bits per heavy atom. The van der Waals surface area contributed by atoms with E-state index in [1.54, 1.807) is 0 Å². The maximum absolute atomic E-state index is 9.74. The van der Waals surface area contributed by atoms with Gasteiger partial charge in [0.15, 0.2) is 17.5 Å². The summed E-state index contributed by atoms with van der Waals surface area (Å²) < 4.78 is 2.32. The molecular formula is C56H38N6. The van der Waals surface area contributed by atoms with Crippen molar-refractivity contribution in [3.63, 3.8) is 0 Å². The van der Waals surface area contributed by atoms with E-state index in [1.807, 2.05) is 97.1 Å². The van der Waals surface area contributed by atoms with Crippen molar-refractivity contribution >= 4 is 50.6 Å². The minimum Gasteiger partial charge on any atom is -0.354 e. The number of rotatable bonds is 8. The predicted octanol–water partition coefficient (Wildman–Crippen LogP) is 13.0. The summed E-state index contributed by atoms with van der Waals surface area (Å²) in [5, 5.41) is 16.0. The van der Waals surface area contributed by atoms with Gasteiger partial charge in [0.2, 0.25) is 0 Å². The van der Waals surface area contributed by atoms with E-state index >= 15 is 0 Å². The monoisotopic (exact) mass is 794 g/mol. The summed E-state index contributed by atoms with van der Waals surface area (Å²) in [7, 11) is 0. The molecule has 2 aromatic heterocycles. The molecule has 10 aromatic rings. The highest BCUT2D eigenvalue weighted by atomic mass is 15.0. The fourth-order valence-corrected chi connectivity index (χ4v) is 8.58. The number of nitrogens with one attached hydrogen (secondary N) is 2. The molecule has 8 aromatic carbocycles. The van der Waals surface area contributed by atoms with Gasteiger partial charge in [0, 0.05) is 55.5 Å². The Morgan fingerprint density at radius 3 is 1.60 bits per heavy atom. The van der Waals surface area contributed by atoms with Gasteiger partial charge in [-0.15, -0.1) is 0 Å². The number of nitrogens with zero attached hydrogens (tertiary/aromatic N) is 4. The molecule has 0 atom stereocenters. The third-order valence-electron chi connectivity index (χ3n) is 11.5. The number of aromatic nitrogens is 4. The lowest BCUT2D eigenvalue weighted by molar-refractivity contribution is 1.07. The Morgan fingerprint density at radius 2 is 0.935 bits per heavy atom. The van der Waals surface area contributed by atoms with Crippen molar-refractivity contribution in [3.05, 3.63) is 240 Å². The maximum Gasteiger partial charge on any atom is 0.164 e. The average molecular weight is 795 g/mol. The van der Waals surface area contributed by atoms with E-state index < -0.39 is 0 Å². The van der Waals surface area contributed by atoms with Crippen LogP contribution in [0.4, 0.5) is 0 Å². The first-order valence-corrected chi connectivity index (χ1v) is 20.7. The van der Waals surface area contributed by atoms with Gasteiger partial charge < -0.3 is 9.88 Å². The highest BCUT2D eigenvalue weighted by Gasteiger charge is 2.27. The van der Waals surface area contributed by atoms with E-state index in [0.717, 1.165) is 78.2 Å². The van der Waals surface area contributed by atoms with Crippen molar-refractivity contribution in [2.45, 2.75) is 0 Å². The summed E-state index contributed by atoms with van der Waals surface area (Å²) in [5.41, 5.74) is 13.5. The first-order valence-electron chi connectivity index (χ1n) is 20.7. The molecule has 0 aliphatic carbocycles. The van der Waals surface area contributed by atoms with Crippen molar-refractivity contribution in [1.29, 1.82) is 5.41 Å². The van der Waals surface area contributed by atoms with Crippen molar-refractivity contribution in [3.8, 4) is 39.9 Å². The minimum atomic E-state index is 0.418. The second kappa shape index (κ2) is 15.6. The second-order valence-corrected chi connectivity index (χ2v) is 15.3. The third-order valence-corrected chi connectivity index (χ3v) is 11.5. The van der Waals surface area contributed by atoms with Gasteiger partial charge >= 0.3 is 0 Å². The number of hydrogen-bond donors (Lipinski definition) is 2. The minimum absolute atomic E-state index is 0.418. The molecule has 0 radical (unpaired) electrons. The summed E-state index contributed by atoms with van der Waals surface area (Å²) in [4.78, 5) is 15.7. The Labute approximate surface area is 359 Å². The molecular weight excluding hydrogens is 757 g/mol. The van der Waals surface area contributed by atoms with Crippen molar-refractivity contribution in [1.82, 2.24) is 24.8 Å². The normalized spacial score (nSPS) is 13.0. The molecule has 0 spiro atoms. The second-order valence-electron chi connectivity index (χ2n) is 15.3. The van der Waals surface area contributed by atoms with Gasteiger partial charge in [-0.1, -0.05) is 188 Å². The molecule has 3 heterocycles. The molecule has 6 nitrogen and oxygen atoms in total. The number of para-hydroxylation sites is 2. The van der Waals surface area contributed by atoms with Gasteiger partial charge in [-0.05, 0) is 47.0 Å². The highest BCUT2D eigenvalue weighted by molar-refractivity contribution is 6.36. The molecule has 0 saturated carbocycles. The molecule has 0 fully saturated rings. The van der Waals surface area contributed by atoms with E-state index in [0.29, 0.717) is 23.2 Å². The molecule has 62 heavy (non-hydrogen) atoms. The number of allylic oxidation sites excluding steroid dienone is 1. The smallest absolute Gasteiger partial charge is 0.164 e. The number of fused-ring (bicyclic) bond motifs is 4. The van der Waals surface area contributed by atoms with Crippen LogP contribution in [0.2, 0.25) is 0 Å². The van der Waals surface area contributed by atoms with Gasteiger partial charge in [-0.2, -0.15) is 0 Å². The van der Waals surface area contributed by atoms with E-state index in [4.69, 9.17) is 15.0 Å². The SMILES string of the molecule is N=C(/C(=C1\NC(c2ccccc2)=Cc2c1cccc2-c1nc(-c2ccccc2)nc(-c2cccc(-n3c4ccccc4c4ccccc43)c2)n1)c1ccccc1)c1ccccc1. The van der Waals surface area contributed by atoms with Gasteiger partial charge in [0.05, 0.1) is 22.4 Å². The van der Waals surface area contributed by atoms with Crippen LogP contribution in [0.3, 0.4) is 0 Å². The average Bonchev–Trinajstić information content (AvgIpc) is 3.69. The fourth-order valence-electron chi connectivity index (χ4n) is 8.58. The van der Waals surface area contributed by atoms with Gasteiger partial charge in [-0.3, -0.25) is 5.41 Å². The number of benzene rings is 8. The summed E-state index contributed by atoms with van der Waals surface area (Å²) in [6, 6.07) is 72.4. The van der Waals surface area contributed by atoms with Gasteiger partial charge in [0.1, 0.15) is 0 Å². The summed E-state index contributed by atoms with van der Waals surface area (Å²) in [6.07, 6.45) is 2.19. The van der Waals surface area contributed by atoms with E-state index in [1.165, 1.54) is 10.8 Å². The molecule has 0 bridgehead atoms. The first-order chi connectivity index (χ1) is 30.7. The van der Waals surface area contributed by atoms with Crippen molar-refractivity contribution in [2.24, 2.45) is 0 Å². The molecule has 11 rings (SSSR count). The third kappa shape index (κ3) is 6.57. The molecule has 1 aliphatic rings. The Bertz CT molecular complexity index is 3320. The molecule has 2 N–H and O–H groups in total. The summed E-state index contributed by atoms with van der Waals surface area (Å²) in [6.45, 7) is 0. The zero-order chi connectivity index (χ0) is 41.4. The zero-order valence-corrected chi connectivity index (χ0v) is 33.6. The molecule has 6 heteroatoms. The molecule has 0 unspecified atom stereocenters. The predicted molar refractivity (Wildman–Crippen MR) is 254 cm³/mol. The van der Waals surface area contributed by atoms with Crippen molar-refractivity contribution in [2.75, 3.05) is 0 Å². The Kier molecular flexibility index (Phi) is 9.21. The molecule has 0 saturated heterocycles. The van der Waals surface area contributed by atoms with E-state index in [9.17, 15) is 5.41 Å². The lowest BCUT2D eigenvalue weighted by Crippen LogP contribution is -2.21. The fraction of sp³-hybridized carbons (Fsp3) is 0. The van der Waals surface area contributed by atoms with Gasteiger partial charge in [-0.25, -0.2) is 15.0 Å². The standard InChI is InChI=1S/C56H38N6/c57-52(39-23-9-3-10-24-39)51(38-21-7-2-8-22-38)53-45-31-18-32-46(47(45)36-48(58-53)37-19-5-1-6-20-37)56-60-54(40-25-11-4-12-26-40)59-55(61-56)41-27-17-28-42(35-41)62-49-33-15-13-29-43(49)44-30-14-16-34-50(44)62/h1-36,57-58H/b53-51-,57-52?. The first kappa shape index (κ1) is 36.6. The van der Waals surface area contributed by atoms with Crippen LogP contribution in [0.25, 0.3) is 84.7 Å². The van der Waals surface area contributed by atoms with Crippen molar-refractivity contribution < 1.29 is 0 Å². The number of hydrogen-bond acceptors (Lipinski definition) is 5. The quantitative estimate of drug-likeness (QED) is 0.150. The molecule has 1 aliphatic heterocycles. The Hall–Kier alpha value is -8.48. The lowest BCUT2D eigenvalue weighted by Gasteiger charge is -2.27.